The first-order valence-corrected chi connectivity index (χ1v) is 6.62. The third-order valence-electron chi connectivity index (χ3n) is 4.59. The van der Waals surface area contributed by atoms with Gasteiger partial charge in [0.15, 0.2) is 6.29 Å². The number of aliphatic hydroxyl groups excluding tert-OH is 1. The average molecular weight is 240 g/mol. The van der Waals surface area contributed by atoms with Gasteiger partial charge in [-0.3, -0.25) is 4.79 Å². The summed E-state index contributed by atoms with van der Waals surface area (Å²) in [5.41, 5.74) is 0. The second kappa shape index (κ2) is 3.95. The maximum absolute atomic E-state index is 11.7. The number of rotatable bonds is 2. The molecule has 3 aliphatic carbocycles. The minimum absolute atomic E-state index is 0.0646. The highest BCUT2D eigenvalue weighted by atomic mass is 16.6. The van der Waals surface area contributed by atoms with E-state index in [4.69, 9.17) is 9.47 Å². The number of carbonyl (C=O) groups excluding carboxylic acids is 1. The highest BCUT2D eigenvalue weighted by molar-refractivity contribution is 5.71. The van der Waals surface area contributed by atoms with Crippen molar-refractivity contribution in [3.05, 3.63) is 0 Å². The van der Waals surface area contributed by atoms with E-state index in [1.165, 1.54) is 0 Å². The van der Waals surface area contributed by atoms with Gasteiger partial charge in [-0.1, -0.05) is 13.8 Å². The molecule has 3 saturated carbocycles. The molecule has 4 heteroatoms. The topological polar surface area (TPSA) is 55.8 Å². The Kier molecular flexibility index (Phi) is 2.67. The molecule has 4 rings (SSSR count). The van der Waals surface area contributed by atoms with E-state index in [9.17, 15) is 9.90 Å². The molecule has 1 saturated heterocycles. The zero-order chi connectivity index (χ0) is 12.2. The van der Waals surface area contributed by atoms with Crippen molar-refractivity contribution in [1.82, 2.24) is 0 Å². The molecular weight excluding hydrogens is 220 g/mol. The van der Waals surface area contributed by atoms with Crippen LogP contribution in [0.2, 0.25) is 0 Å². The Morgan fingerprint density at radius 3 is 2.82 bits per heavy atom. The van der Waals surface area contributed by atoms with E-state index < -0.39 is 6.29 Å². The summed E-state index contributed by atoms with van der Waals surface area (Å²) in [6.07, 6.45) is 2.31. The van der Waals surface area contributed by atoms with E-state index in [0.717, 1.165) is 19.3 Å². The summed E-state index contributed by atoms with van der Waals surface area (Å²) in [5.74, 6) is 0.796. The number of fused-ring (bicyclic) bond motifs is 1. The molecule has 6 unspecified atom stereocenters. The molecule has 1 N–H and O–H groups in total. The van der Waals surface area contributed by atoms with Gasteiger partial charge in [-0.15, -0.1) is 0 Å². The number of esters is 1. The lowest BCUT2D eigenvalue weighted by molar-refractivity contribution is -0.179. The Bertz CT molecular complexity index is 327. The number of hydrogen-bond acceptors (Lipinski definition) is 4. The van der Waals surface area contributed by atoms with E-state index in [-0.39, 0.29) is 30.0 Å². The van der Waals surface area contributed by atoms with E-state index in [2.05, 4.69) is 0 Å². The molecule has 4 aliphatic rings. The molecular formula is C13H20O4. The minimum atomic E-state index is -0.643. The van der Waals surface area contributed by atoms with Crippen molar-refractivity contribution in [1.29, 1.82) is 0 Å². The Labute approximate surface area is 101 Å². The normalized spacial score (nSPS) is 47.5. The summed E-state index contributed by atoms with van der Waals surface area (Å²) in [5, 5.41) is 9.82. The second-order valence-electron chi connectivity index (χ2n) is 5.95. The maximum atomic E-state index is 11.7. The van der Waals surface area contributed by atoms with E-state index in [1.807, 2.05) is 13.8 Å². The average Bonchev–Trinajstić information content (AvgIpc) is 2.57. The standard InChI is InChI=1S/C13H20O4/c1-6(2)12(14)16-10-7-3-4-8-9(5-7)13(15)17-11(8)10/h6-11,13,15H,3-5H2,1-2H3. The third-order valence-corrected chi connectivity index (χ3v) is 4.59. The first-order valence-electron chi connectivity index (χ1n) is 6.62. The summed E-state index contributed by atoms with van der Waals surface area (Å²) < 4.78 is 11.2. The molecule has 4 bridgehead atoms. The van der Waals surface area contributed by atoms with Gasteiger partial charge in [0.2, 0.25) is 0 Å². The fourth-order valence-electron chi connectivity index (χ4n) is 3.68. The van der Waals surface area contributed by atoms with Gasteiger partial charge < -0.3 is 14.6 Å². The molecule has 6 atom stereocenters. The zero-order valence-electron chi connectivity index (χ0n) is 10.3. The smallest absolute Gasteiger partial charge is 0.308 e. The fraction of sp³-hybridized carbons (Fsp3) is 0.923. The highest BCUT2D eigenvalue weighted by Crippen LogP contribution is 2.53. The van der Waals surface area contributed by atoms with Crippen LogP contribution < -0.4 is 0 Å². The van der Waals surface area contributed by atoms with Gasteiger partial charge in [-0.25, -0.2) is 0 Å². The molecule has 0 radical (unpaired) electrons. The Balaban J connectivity index is 1.76. The van der Waals surface area contributed by atoms with Gasteiger partial charge in [-0.2, -0.15) is 0 Å². The molecule has 4 fully saturated rings. The highest BCUT2D eigenvalue weighted by Gasteiger charge is 2.58. The number of aliphatic hydroxyl groups is 1. The summed E-state index contributed by atoms with van der Waals surface area (Å²) in [7, 11) is 0. The van der Waals surface area contributed by atoms with Crippen LogP contribution in [-0.4, -0.2) is 29.6 Å². The second-order valence-corrected chi connectivity index (χ2v) is 5.95. The van der Waals surface area contributed by atoms with Crippen molar-refractivity contribution >= 4 is 5.97 Å². The molecule has 0 spiro atoms. The van der Waals surface area contributed by atoms with Crippen molar-refractivity contribution in [3.8, 4) is 0 Å². The number of hydrogen-bond donors (Lipinski definition) is 1. The van der Waals surface area contributed by atoms with Crippen LogP contribution in [0.25, 0.3) is 0 Å². The van der Waals surface area contributed by atoms with Crippen molar-refractivity contribution in [2.75, 3.05) is 0 Å². The molecule has 1 aliphatic heterocycles. The molecule has 0 amide bonds. The minimum Gasteiger partial charge on any atom is -0.459 e. The third kappa shape index (κ3) is 1.69. The lowest BCUT2D eigenvalue weighted by atomic mass is 9.63. The summed E-state index contributed by atoms with van der Waals surface area (Å²) in [6, 6.07) is 0. The van der Waals surface area contributed by atoms with Crippen LogP contribution in [0, 0.1) is 23.7 Å². The van der Waals surface area contributed by atoms with Crippen LogP contribution in [-0.2, 0) is 14.3 Å². The van der Waals surface area contributed by atoms with E-state index >= 15 is 0 Å². The lowest BCUT2D eigenvalue weighted by Crippen LogP contribution is -2.50. The van der Waals surface area contributed by atoms with Gasteiger partial charge in [0.25, 0.3) is 0 Å². The summed E-state index contributed by atoms with van der Waals surface area (Å²) in [4.78, 5) is 11.7. The van der Waals surface area contributed by atoms with Gasteiger partial charge >= 0.3 is 5.97 Å². The Morgan fingerprint density at radius 2 is 2.12 bits per heavy atom. The van der Waals surface area contributed by atoms with Crippen LogP contribution in [0.4, 0.5) is 0 Å². The molecule has 0 aromatic carbocycles. The van der Waals surface area contributed by atoms with Crippen molar-refractivity contribution in [2.24, 2.45) is 23.7 Å². The van der Waals surface area contributed by atoms with Gasteiger partial charge in [0, 0.05) is 5.92 Å². The predicted octanol–water partition coefficient (Wildman–Crippen LogP) is 1.32. The van der Waals surface area contributed by atoms with Gasteiger partial charge in [0.1, 0.15) is 12.2 Å². The van der Waals surface area contributed by atoms with Crippen LogP contribution in [0.15, 0.2) is 0 Å². The van der Waals surface area contributed by atoms with Crippen LogP contribution in [0.1, 0.15) is 33.1 Å². The first-order chi connectivity index (χ1) is 8.08. The number of ether oxygens (including phenoxy) is 2. The van der Waals surface area contributed by atoms with Crippen molar-refractivity contribution in [2.45, 2.75) is 51.6 Å². The van der Waals surface area contributed by atoms with Crippen LogP contribution in [0.3, 0.4) is 0 Å². The quantitative estimate of drug-likeness (QED) is 0.740. The lowest BCUT2D eigenvalue weighted by Gasteiger charge is -2.45. The van der Waals surface area contributed by atoms with E-state index in [0.29, 0.717) is 11.8 Å². The molecule has 4 nitrogen and oxygen atoms in total. The van der Waals surface area contributed by atoms with Crippen molar-refractivity contribution in [3.63, 3.8) is 0 Å². The van der Waals surface area contributed by atoms with Crippen molar-refractivity contribution < 1.29 is 19.4 Å². The molecule has 0 aromatic rings. The molecule has 17 heavy (non-hydrogen) atoms. The predicted molar refractivity (Wildman–Crippen MR) is 59.9 cm³/mol. The van der Waals surface area contributed by atoms with Gasteiger partial charge in [0.05, 0.1) is 5.92 Å². The first kappa shape index (κ1) is 11.5. The van der Waals surface area contributed by atoms with Crippen LogP contribution in [0.5, 0.6) is 0 Å². The Hall–Kier alpha value is -0.610. The molecule has 0 aromatic heterocycles. The molecule has 96 valence electrons. The largest absolute Gasteiger partial charge is 0.459 e. The maximum Gasteiger partial charge on any atom is 0.308 e. The SMILES string of the molecule is CC(C)C(=O)OC1C2CCC3C(C2)C(O)OC31. The van der Waals surface area contributed by atoms with E-state index in [1.54, 1.807) is 0 Å². The Morgan fingerprint density at radius 1 is 1.35 bits per heavy atom. The zero-order valence-corrected chi connectivity index (χ0v) is 10.3. The number of carbonyl (C=O) groups is 1. The summed E-state index contributed by atoms with van der Waals surface area (Å²) in [6.45, 7) is 3.69. The summed E-state index contributed by atoms with van der Waals surface area (Å²) >= 11 is 0. The molecule has 1 heterocycles. The van der Waals surface area contributed by atoms with Crippen LogP contribution >= 0.6 is 0 Å². The monoisotopic (exact) mass is 240 g/mol. The fourth-order valence-corrected chi connectivity index (χ4v) is 3.68. The van der Waals surface area contributed by atoms with Gasteiger partial charge in [-0.05, 0) is 31.1 Å².